The van der Waals surface area contributed by atoms with Crippen molar-refractivity contribution in [1.82, 2.24) is 0 Å². The Hall–Kier alpha value is -1.80. The van der Waals surface area contributed by atoms with Crippen molar-refractivity contribution in [1.29, 1.82) is 0 Å². The molecule has 3 saturated carbocycles. The van der Waals surface area contributed by atoms with E-state index in [4.69, 9.17) is 80.3 Å². The van der Waals surface area contributed by atoms with Crippen molar-refractivity contribution in [2.45, 2.75) is 311 Å². The topological polar surface area (TPSA) is 370 Å². The first-order valence-electron chi connectivity index (χ1n) is 32.6. The van der Waals surface area contributed by atoms with Crippen LogP contribution in [0.5, 0.6) is 0 Å². The van der Waals surface area contributed by atoms with Crippen LogP contribution >= 0.6 is 0 Å². The monoisotopic (exact) mass is 1330 g/mol. The van der Waals surface area contributed by atoms with Crippen LogP contribution in [0.4, 0.5) is 0 Å². The molecular formula is C62H102O28S. The fourth-order valence-electron chi connectivity index (χ4n) is 17.5. The van der Waals surface area contributed by atoms with Crippen LogP contribution in [0.3, 0.4) is 0 Å². The summed E-state index contributed by atoms with van der Waals surface area (Å²) in [7, 11) is -0.218. The third-order valence-electron chi connectivity index (χ3n) is 22.1. The Bertz CT molecular complexity index is 2540. The van der Waals surface area contributed by atoms with Gasteiger partial charge in [0.1, 0.15) is 73.2 Å². The van der Waals surface area contributed by atoms with Crippen molar-refractivity contribution in [3.8, 4) is 0 Å². The van der Waals surface area contributed by atoms with Gasteiger partial charge in [0, 0.05) is 59.9 Å². The van der Waals surface area contributed by atoms with Crippen molar-refractivity contribution >= 4 is 16.4 Å². The number of methoxy groups -OCH3 is 3. The molecule has 0 radical (unpaired) electrons. The molecule has 91 heavy (non-hydrogen) atoms. The van der Waals surface area contributed by atoms with Crippen molar-refractivity contribution < 1.29 is 133 Å². The summed E-state index contributed by atoms with van der Waals surface area (Å²) in [5, 5.41) is 77.5. The number of carbonyl (C=O) groups is 1. The van der Waals surface area contributed by atoms with Gasteiger partial charge < -0.3 is 112 Å². The second-order valence-electron chi connectivity index (χ2n) is 27.8. The summed E-state index contributed by atoms with van der Waals surface area (Å²) in [5.74, 6) is -0.289. The minimum Gasteiger partial charge on any atom is -0.459 e. The fourth-order valence-corrected chi connectivity index (χ4v) is 17.8. The van der Waals surface area contributed by atoms with Crippen LogP contribution in [0, 0.1) is 34.5 Å². The predicted octanol–water partition coefficient (Wildman–Crippen LogP) is 1.84. The average Bonchev–Trinajstić information content (AvgIpc) is 1.63. The zero-order chi connectivity index (χ0) is 65.9. The van der Waals surface area contributed by atoms with Gasteiger partial charge >= 0.3 is 16.4 Å². The van der Waals surface area contributed by atoms with E-state index in [-0.39, 0.29) is 60.4 Å². The van der Waals surface area contributed by atoms with Crippen molar-refractivity contribution in [3.63, 3.8) is 0 Å². The molecule has 6 aliphatic heterocycles. The van der Waals surface area contributed by atoms with E-state index in [1.54, 1.807) is 35.0 Å². The van der Waals surface area contributed by atoms with Gasteiger partial charge in [0.05, 0.1) is 73.8 Å². The summed E-state index contributed by atoms with van der Waals surface area (Å²) in [5.41, 5.74) is 0.770. The highest BCUT2D eigenvalue weighted by atomic mass is 32.3. The lowest BCUT2D eigenvalue weighted by Crippen LogP contribution is -2.61. The van der Waals surface area contributed by atoms with Gasteiger partial charge in [-0.1, -0.05) is 25.5 Å². The predicted molar refractivity (Wildman–Crippen MR) is 312 cm³/mol. The Morgan fingerprint density at radius 1 is 0.593 bits per heavy atom. The smallest absolute Gasteiger partial charge is 0.397 e. The number of hydrogen-bond acceptors (Lipinski definition) is 27. The van der Waals surface area contributed by atoms with Crippen LogP contribution in [0.15, 0.2) is 11.6 Å². The molecule has 10 aliphatic rings. The summed E-state index contributed by atoms with van der Waals surface area (Å²) in [4.78, 5) is 11.7. The second-order valence-corrected chi connectivity index (χ2v) is 28.9. The summed E-state index contributed by atoms with van der Waals surface area (Å²) in [6.45, 7) is 15.7. The molecule has 0 bridgehead atoms. The minimum atomic E-state index is -4.90. The molecule has 29 heteroatoms. The van der Waals surface area contributed by atoms with Crippen LogP contribution in [-0.4, -0.2) is 261 Å². The minimum absolute atomic E-state index is 0.0667. The van der Waals surface area contributed by atoms with E-state index < -0.39 is 195 Å². The molecule has 0 aromatic rings. The first-order chi connectivity index (χ1) is 42.9. The second kappa shape index (κ2) is 29.3. The molecule has 4 aliphatic carbocycles. The maximum Gasteiger partial charge on any atom is 0.397 e. The van der Waals surface area contributed by atoms with E-state index in [2.05, 4.69) is 24.1 Å². The summed E-state index contributed by atoms with van der Waals surface area (Å²) in [6, 6.07) is 0. The maximum atomic E-state index is 12.0. The molecule has 524 valence electrons. The lowest BCUT2D eigenvalue weighted by Gasteiger charge is -2.58. The molecular weight excluding hydrogens is 1220 g/mol. The molecule has 8 N–H and O–H groups in total. The van der Waals surface area contributed by atoms with Gasteiger partial charge in [-0.3, -0.25) is 9.35 Å². The number of aliphatic hydroxyl groups excluding tert-OH is 7. The average molecular weight is 1330 g/mol. The lowest BCUT2D eigenvalue weighted by atomic mass is 9.47. The zero-order valence-corrected chi connectivity index (χ0v) is 55.1. The van der Waals surface area contributed by atoms with E-state index in [1.807, 2.05) is 20.8 Å². The lowest BCUT2D eigenvalue weighted by molar-refractivity contribution is -0.358. The Balaban J connectivity index is 0.701. The molecule has 35 unspecified atom stereocenters. The van der Waals surface area contributed by atoms with Gasteiger partial charge in [0.25, 0.3) is 0 Å². The third kappa shape index (κ3) is 15.3. The maximum absolute atomic E-state index is 12.0. The summed E-state index contributed by atoms with van der Waals surface area (Å²) in [6.07, 6.45) is -17.7. The van der Waals surface area contributed by atoms with Crippen LogP contribution in [0.1, 0.15) is 133 Å². The number of hydrogen-bond donors (Lipinski definition) is 8. The van der Waals surface area contributed by atoms with Crippen molar-refractivity contribution in [2.24, 2.45) is 34.5 Å². The largest absolute Gasteiger partial charge is 0.459 e. The quantitative estimate of drug-likeness (QED) is 0.0490. The first kappa shape index (κ1) is 72.0. The number of carbonyl (C=O) groups excluding carboxylic acids is 1. The molecule has 28 nitrogen and oxygen atoms in total. The van der Waals surface area contributed by atoms with Gasteiger partial charge in [-0.25, -0.2) is 4.18 Å². The number of fused-ring (bicyclic) bond motifs is 5. The normalized spacial score (nSPS) is 50.8. The zero-order valence-electron chi connectivity index (χ0n) is 54.3. The molecule has 10 rings (SSSR count). The molecule has 0 amide bonds. The van der Waals surface area contributed by atoms with Gasteiger partial charge in [0.15, 0.2) is 37.7 Å². The van der Waals surface area contributed by atoms with E-state index in [0.717, 1.165) is 25.7 Å². The number of aliphatic hydroxyl groups is 7. The van der Waals surface area contributed by atoms with E-state index in [9.17, 15) is 49.0 Å². The SMILES string of the molecule is COC1CC(OC2C(C)OC(OC3C(C)OC(OC4CCC5(C)C(=CCC6C5CCC5(C)C6CC(OC6OC(COS(=O)(=O)O)C(O)C(O)C6O)C5C(C)O)C4)C(O)C3OC)CC2OC)OC(C)C1OC1CC(O)C(OC2CC(OC(C)=O)C(O)C(C)O2)C(C)O1. The molecule has 6 heterocycles. The van der Waals surface area contributed by atoms with Gasteiger partial charge in [-0.2, -0.15) is 8.42 Å². The van der Waals surface area contributed by atoms with E-state index in [1.165, 1.54) is 19.6 Å². The van der Waals surface area contributed by atoms with Crippen LogP contribution in [0.2, 0.25) is 0 Å². The number of ether oxygens (including phenoxy) is 16. The van der Waals surface area contributed by atoms with Gasteiger partial charge in [-0.15, -0.1) is 0 Å². The Kier molecular flexibility index (Phi) is 23.2. The molecule has 0 spiro atoms. The molecule has 0 aromatic carbocycles. The number of rotatable bonds is 20. The molecule has 0 aromatic heterocycles. The number of allylic oxidation sites excluding steroid dienone is 1. The molecule has 9 fully saturated rings. The van der Waals surface area contributed by atoms with E-state index >= 15 is 0 Å². The number of esters is 1. The summed E-state index contributed by atoms with van der Waals surface area (Å²) >= 11 is 0. The van der Waals surface area contributed by atoms with Crippen LogP contribution in [-0.2, 0) is 95.2 Å². The highest BCUT2D eigenvalue weighted by Gasteiger charge is 2.64. The van der Waals surface area contributed by atoms with Crippen LogP contribution in [0.25, 0.3) is 0 Å². The summed E-state index contributed by atoms with van der Waals surface area (Å²) < 4.78 is 136. The fraction of sp³-hybridized carbons (Fsp3) is 0.952. The first-order valence-corrected chi connectivity index (χ1v) is 34.0. The highest BCUT2D eigenvalue weighted by molar-refractivity contribution is 7.80. The molecule has 6 saturated heterocycles. The van der Waals surface area contributed by atoms with E-state index in [0.29, 0.717) is 25.2 Å². The van der Waals surface area contributed by atoms with Crippen molar-refractivity contribution in [3.05, 3.63) is 11.6 Å². The Morgan fingerprint density at radius 3 is 1.71 bits per heavy atom. The standard InChI is InChI=1S/C62H102O28S/c1-26(63)48-39(85-59-52(69)51(68)50(67)43(86-59)25-77-91(71,72)73)20-37-35-14-13-33-19-34(15-17-61(33,8)36(35)16-18-62(37,48)9)84-60-53(70)58(76-12)57(31(6)82-60)90-47-24-42(75-11)56(30(5)81-47)89-46-23-41(74-10)55(29(4)80-46)88-44-21-38(65)54(28(3)79-44)87-45-22-40(83-32(7)64)49(66)27(2)78-45/h13,26-31,34-60,63,65-70H,14-25H2,1-12H3,(H,71,72,73). The van der Waals surface area contributed by atoms with Crippen LogP contribution < -0.4 is 0 Å². The Labute approximate surface area is 533 Å². The van der Waals surface area contributed by atoms with Gasteiger partial charge in [0.2, 0.25) is 0 Å². The molecule has 35 atom stereocenters. The Morgan fingerprint density at radius 2 is 1.14 bits per heavy atom. The van der Waals surface area contributed by atoms with Gasteiger partial charge in [-0.05, 0) is 115 Å². The highest BCUT2D eigenvalue weighted by Crippen LogP contribution is 2.67. The third-order valence-corrected chi connectivity index (χ3v) is 22.5. The van der Waals surface area contributed by atoms with Crippen molar-refractivity contribution in [2.75, 3.05) is 27.9 Å².